The molecule has 2 aliphatic heterocycles. The van der Waals surface area contributed by atoms with Crippen LogP contribution in [-0.4, -0.2) is 31.3 Å². The molecule has 6 rings (SSSR count). The molecule has 4 aromatic carbocycles. The van der Waals surface area contributed by atoms with Crippen molar-refractivity contribution in [2.24, 2.45) is 0 Å². The number of nitrogens with one attached hydrogen (secondary N) is 1. The van der Waals surface area contributed by atoms with Crippen molar-refractivity contribution in [1.82, 2.24) is 5.32 Å². The van der Waals surface area contributed by atoms with E-state index in [0.29, 0.717) is 34.1 Å². The summed E-state index contributed by atoms with van der Waals surface area (Å²) in [7, 11) is 1.60. The van der Waals surface area contributed by atoms with Gasteiger partial charge in [-0.2, -0.15) is 0 Å². The van der Waals surface area contributed by atoms with Crippen molar-refractivity contribution in [3.63, 3.8) is 0 Å². The molecule has 190 valence electrons. The summed E-state index contributed by atoms with van der Waals surface area (Å²) >= 11 is 0. The molecule has 0 saturated carbocycles. The first-order chi connectivity index (χ1) is 18.6. The summed E-state index contributed by atoms with van der Waals surface area (Å²) in [6.07, 6.45) is 0.204. The van der Waals surface area contributed by atoms with Gasteiger partial charge in [-0.15, -0.1) is 0 Å². The second kappa shape index (κ2) is 9.59. The van der Waals surface area contributed by atoms with Crippen molar-refractivity contribution in [2.75, 3.05) is 13.9 Å². The van der Waals surface area contributed by atoms with Gasteiger partial charge in [0.1, 0.15) is 11.5 Å². The van der Waals surface area contributed by atoms with E-state index in [1.807, 2.05) is 66.7 Å². The third kappa shape index (κ3) is 4.12. The molecule has 0 bridgehead atoms. The van der Waals surface area contributed by atoms with Crippen LogP contribution in [0.2, 0.25) is 0 Å². The normalized spacial score (nSPS) is 19.3. The smallest absolute Gasteiger partial charge is 0.338 e. The van der Waals surface area contributed by atoms with Crippen molar-refractivity contribution >= 4 is 11.9 Å². The molecular weight excluding hydrogens is 482 g/mol. The predicted molar refractivity (Wildman–Crippen MR) is 140 cm³/mol. The van der Waals surface area contributed by atoms with Crippen molar-refractivity contribution in [3.05, 3.63) is 119 Å². The van der Waals surface area contributed by atoms with Crippen LogP contribution in [0.1, 0.15) is 33.0 Å². The summed E-state index contributed by atoms with van der Waals surface area (Å²) in [6.45, 7) is 0.0826. The van der Waals surface area contributed by atoms with Crippen molar-refractivity contribution in [1.29, 1.82) is 0 Å². The maximum atomic E-state index is 14.1. The van der Waals surface area contributed by atoms with Crippen LogP contribution in [0.3, 0.4) is 0 Å². The zero-order chi connectivity index (χ0) is 26.1. The predicted octanol–water partition coefficient (Wildman–Crippen LogP) is 4.89. The minimum atomic E-state index is -1.47. The number of benzene rings is 4. The minimum absolute atomic E-state index is 0.0826. The zero-order valence-electron chi connectivity index (χ0n) is 20.7. The van der Waals surface area contributed by atoms with Crippen LogP contribution < -0.4 is 24.3 Å². The molecule has 0 spiro atoms. The molecule has 7 heteroatoms. The van der Waals surface area contributed by atoms with Gasteiger partial charge in [-0.05, 0) is 41.5 Å². The van der Waals surface area contributed by atoms with E-state index in [2.05, 4.69) is 5.32 Å². The minimum Gasteiger partial charge on any atom is -0.497 e. The lowest BCUT2D eigenvalue weighted by Crippen LogP contribution is -2.63. The molecule has 0 radical (unpaired) electrons. The molecule has 7 nitrogen and oxygen atoms in total. The first-order valence-electron chi connectivity index (χ1n) is 12.3. The molecule has 1 N–H and O–H groups in total. The van der Waals surface area contributed by atoms with Gasteiger partial charge in [-0.3, -0.25) is 4.79 Å². The summed E-state index contributed by atoms with van der Waals surface area (Å²) in [5.41, 5.74) is 1.37. The van der Waals surface area contributed by atoms with Gasteiger partial charge in [0.05, 0.1) is 7.11 Å². The van der Waals surface area contributed by atoms with E-state index >= 15 is 0 Å². The van der Waals surface area contributed by atoms with Crippen LogP contribution in [0.5, 0.6) is 23.0 Å². The van der Waals surface area contributed by atoms with E-state index in [0.717, 1.165) is 11.1 Å². The van der Waals surface area contributed by atoms with Crippen LogP contribution in [-0.2, 0) is 11.2 Å². The number of carbonyl (C=O) groups excluding carboxylic acids is 2. The highest BCUT2D eigenvalue weighted by Crippen LogP contribution is 2.50. The van der Waals surface area contributed by atoms with Crippen LogP contribution in [0.15, 0.2) is 97.1 Å². The number of methoxy groups -OCH3 is 1. The largest absolute Gasteiger partial charge is 0.497 e. The van der Waals surface area contributed by atoms with Gasteiger partial charge in [0.15, 0.2) is 17.0 Å². The summed E-state index contributed by atoms with van der Waals surface area (Å²) in [5.74, 6) is 0.584. The lowest BCUT2D eigenvalue weighted by molar-refractivity contribution is -0.143. The van der Waals surface area contributed by atoms with E-state index in [1.54, 1.807) is 37.4 Å². The first kappa shape index (κ1) is 23.6. The Bertz CT molecular complexity index is 1490. The third-order valence-corrected chi connectivity index (χ3v) is 7.02. The average molecular weight is 508 g/mol. The van der Waals surface area contributed by atoms with Crippen LogP contribution in [0, 0.1) is 0 Å². The molecule has 2 aliphatic rings. The number of ether oxygens (including phenoxy) is 4. The highest BCUT2D eigenvalue weighted by Gasteiger charge is 2.54. The molecule has 0 aromatic heterocycles. The van der Waals surface area contributed by atoms with E-state index in [1.165, 1.54) is 0 Å². The Morgan fingerprint density at radius 1 is 0.895 bits per heavy atom. The van der Waals surface area contributed by atoms with Crippen LogP contribution in [0.25, 0.3) is 0 Å². The number of rotatable bonds is 6. The Kier molecular flexibility index (Phi) is 5.96. The zero-order valence-corrected chi connectivity index (χ0v) is 20.7. The van der Waals surface area contributed by atoms with Gasteiger partial charge in [-0.1, -0.05) is 60.7 Å². The van der Waals surface area contributed by atoms with Gasteiger partial charge in [0.25, 0.3) is 5.91 Å². The number of amides is 1. The Balaban J connectivity index is 1.56. The Hall–Kier alpha value is -4.78. The molecule has 4 aromatic rings. The fourth-order valence-electron chi connectivity index (χ4n) is 5.21. The first-order valence-corrected chi connectivity index (χ1v) is 12.3. The van der Waals surface area contributed by atoms with Gasteiger partial charge in [0.2, 0.25) is 6.79 Å². The monoisotopic (exact) mass is 507 g/mol. The summed E-state index contributed by atoms with van der Waals surface area (Å²) in [5, 5.41) is 3.12. The van der Waals surface area contributed by atoms with Gasteiger partial charge in [0, 0.05) is 29.5 Å². The van der Waals surface area contributed by atoms with Crippen LogP contribution in [0.4, 0.5) is 0 Å². The van der Waals surface area contributed by atoms with E-state index < -0.39 is 17.4 Å². The molecule has 0 aliphatic carbocycles. The lowest BCUT2D eigenvalue weighted by Gasteiger charge is -2.43. The molecule has 0 fully saturated rings. The molecule has 0 saturated heterocycles. The van der Waals surface area contributed by atoms with Gasteiger partial charge < -0.3 is 24.3 Å². The average Bonchev–Trinajstić information content (AvgIpc) is 3.41. The van der Waals surface area contributed by atoms with Crippen molar-refractivity contribution < 1.29 is 28.5 Å². The fraction of sp³-hybridized carbons (Fsp3) is 0.161. The van der Waals surface area contributed by atoms with E-state index in [4.69, 9.17) is 18.9 Å². The van der Waals surface area contributed by atoms with E-state index in [-0.39, 0.29) is 19.1 Å². The molecule has 0 unspecified atom stereocenters. The van der Waals surface area contributed by atoms with Crippen molar-refractivity contribution in [2.45, 2.75) is 17.9 Å². The standard InChI is InChI=1S/C31H25NO6/c1-35-23-14-12-21(13-15-23)28-24-16-26-27(37-19-36-26)17-25(24)38-30(34)31(28,18-20-8-4-2-5-9-20)32-29(33)22-10-6-3-7-11-22/h2-17,28H,18-19H2,1H3,(H,32,33)/t28-,31-/m0/s1. The maximum Gasteiger partial charge on any atom is 0.338 e. The Morgan fingerprint density at radius 3 is 2.24 bits per heavy atom. The molecular formula is C31H25NO6. The number of carbonyl (C=O) groups is 2. The second-order valence-corrected chi connectivity index (χ2v) is 9.29. The third-order valence-electron chi connectivity index (χ3n) is 7.02. The summed E-state index contributed by atoms with van der Waals surface area (Å²) in [4.78, 5) is 27.8. The van der Waals surface area contributed by atoms with Gasteiger partial charge in [-0.25, -0.2) is 4.79 Å². The number of esters is 1. The van der Waals surface area contributed by atoms with Crippen molar-refractivity contribution in [3.8, 4) is 23.0 Å². The maximum absolute atomic E-state index is 14.1. The summed E-state index contributed by atoms with van der Waals surface area (Å²) in [6, 6.07) is 29.5. The van der Waals surface area contributed by atoms with E-state index in [9.17, 15) is 9.59 Å². The number of hydrogen-bond donors (Lipinski definition) is 1. The fourth-order valence-corrected chi connectivity index (χ4v) is 5.21. The quantitative estimate of drug-likeness (QED) is 0.296. The number of hydrogen-bond acceptors (Lipinski definition) is 6. The molecule has 2 atom stereocenters. The lowest BCUT2D eigenvalue weighted by atomic mass is 9.69. The summed E-state index contributed by atoms with van der Waals surface area (Å²) < 4.78 is 22.6. The SMILES string of the molecule is COc1ccc([C@H]2c3cc4c(cc3OC(=O)[C@@]2(Cc2ccccc2)NC(=O)c2ccccc2)OCO4)cc1. The number of fused-ring (bicyclic) bond motifs is 2. The topological polar surface area (TPSA) is 83.1 Å². The second-order valence-electron chi connectivity index (χ2n) is 9.29. The Labute approximate surface area is 219 Å². The van der Waals surface area contributed by atoms with Crippen LogP contribution >= 0.6 is 0 Å². The molecule has 38 heavy (non-hydrogen) atoms. The highest BCUT2D eigenvalue weighted by atomic mass is 16.7. The highest BCUT2D eigenvalue weighted by molar-refractivity contribution is 6.00. The molecule has 2 heterocycles. The van der Waals surface area contributed by atoms with Gasteiger partial charge >= 0.3 is 5.97 Å². The molecule has 1 amide bonds. The Morgan fingerprint density at radius 2 is 1.55 bits per heavy atom.